The van der Waals surface area contributed by atoms with Crippen LogP contribution in [-0.2, 0) is 0 Å². The minimum atomic E-state index is 0.484. The Hall–Kier alpha value is -0.860. The van der Waals surface area contributed by atoms with Gasteiger partial charge in [-0.1, -0.05) is 50.6 Å². The van der Waals surface area contributed by atoms with Crippen LogP contribution in [0.25, 0.3) is 0 Å². The maximum Gasteiger partial charge on any atom is 0.0316 e. The molecular weight excluding hydrogens is 232 g/mol. The number of hydrogen-bond donors (Lipinski definition) is 1. The van der Waals surface area contributed by atoms with E-state index in [-0.39, 0.29) is 0 Å². The Balaban J connectivity index is 0. The predicted molar refractivity (Wildman–Crippen MR) is 89.4 cm³/mol. The van der Waals surface area contributed by atoms with E-state index in [1.807, 2.05) is 12.2 Å². The van der Waals surface area contributed by atoms with Crippen molar-refractivity contribution >= 4 is 0 Å². The molecule has 2 nitrogen and oxygen atoms in total. The van der Waals surface area contributed by atoms with Crippen molar-refractivity contribution in [2.45, 2.75) is 53.0 Å². The molecule has 0 spiro atoms. The van der Waals surface area contributed by atoms with Crippen molar-refractivity contribution in [3.05, 3.63) is 36.0 Å². The van der Waals surface area contributed by atoms with Crippen molar-refractivity contribution in [2.24, 2.45) is 5.73 Å². The summed E-state index contributed by atoms with van der Waals surface area (Å²) in [6.07, 6.45) is 9.73. The van der Waals surface area contributed by atoms with Crippen LogP contribution in [-0.4, -0.2) is 31.6 Å². The van der Waals surface area contributed by atoms with Crippen LogP contribution >= 0.6 is 0 Å². The SMILES string of the molecule is C=C/C=C\C(=C(/C)CC)C(C)N(C)CCCC.CN. The first-order valence-electron chi connectivity index (χ1n) is 7.35. The summed E-state index contributed by atoms with van der Waals surface area (Å²) in [4.78, 5) is 2.44. The molecule has 0 saturated carbocycles. The minimum absolute atomic E-state index is 0.484. The lowest BCUT2D eigenvalue weighted by molar-refractivity contribution is 0.284. The van der Waals surface area contributed by atoms with Crippen molar-refractivity contribution in [2.75, 3.05) is 20.6 Å². The fourth-order valence-corrected chi connectivity index (χ4v) is 1.85. The molecular formula is C17H34N2. The molecule has 0 saturated heterocycles. The van der Waals surface area contributed by atoms with Crippen LogP contribution in [0, 0.1) is 0 Å². The summed E-state index contributed by atoms with van der Waals surface area (Å²) in [5.41, 5.74) is 7.41. The van der Waals surface area contributed by atoms with E-state index in [1.54, 1.807) is 0 Å². The Morgan fingerprint density at radius 1 is 1.32 bits per heavy atom. The van der Waals surface area contributed by atoms with Crippen molar-refractivity contribution in [1.82, 2.24) is 4.90 Å². The summed E-state index contributed by atoms with van der Waals surface area (Å²) < 4.78 is 0. The van der Waals surface area contributed by atoms with Crippen LogP contribution in [0.4, 0.5) is 0 Å². The standard InChI is InChI=1S/C16H29N.CH5N/c1-7-10-12-16(14(4)9-3)15(5)17(6)13-11-8-2;1-2/h7,10,12,15H,1,8-9,11,13H2,2-6H3;2H2,1H3/b12-10-,16-14-;. The molecule has 0 aromatic carbocycles. The Kier molecular flexibility index (Phi) is 14.6. The average Bonchev–Trinajstić information content (AvgIpc) is 2.46. The fourth-order valence-electron chi connectivity index (χ4n) is 1.85. The number of nitrogens with two attached hydrogens (primary N) is 1. The molecule has 0 aromatic heterocycles. The number of rotatable bonds is 8. The molecule has 0 aliphatic heterocycles. The second kappa shape index (κ2) is 13.6. The van der Waals surface area contributed by atoms with Gasteiger partial charge >= 0.3 is 0 Å². The zero-order chi connectivity index (χ0) is 15.3. The van der Waals surface area contributed by atoms with Gasteiger partial charge in [0.15, 0.2) is 0 Å². The smallest absolute Gasteiger partial charge is 0.0316 e. The molecule has 1 unspecified atom stereocenters. The molecule has 0 radical (unpaired) electrons. The Labute approximate surface area is 121 Å². The molecule has 2 N–H and O–H groups in total. The summed E-state index contributed by atoms with van der Waals surface area (Å²) in [6, 6.07) is 0.484. The molecule has 0 amide bonds. The number of nitrogens with zero attached hydrogens (tertiary/aromatic N) is 1. The highest BCUT2D eigenvalue weighted by atomic mass is 15.1. The minimum Gasteiger partial charge on any atom is -0.333 e. The van der Waals surface area contributed by atoms with E-state index in [4.69, 9.17) is 0 Å². The van der Waals surface area contributed by atoms with E-state index in [2.05, 4.69) is 58.0 Å². The molecule has 0 fully saturated rings. The second-order valence-corrected chi connectivity index (χ2v) is 4.69. The van der Waals surface area contributed by atoms with Gasteiger partial charge < -0.3 is 5.73 Å². The number of likely N-dealkylation sites (N-methyl/N-ethyl adjacent to an activating group) is 1. The van der Waals surface area contributed by atoms with Gasteiger partial charge in [0.25, 0.3) is 0 Å². The summed E-state index contributed by atoms with van der Waals surface area (Å²) in [5, 5.41) is 0. The predicted octanol–water partition coefficient (Wildman–Crippen LogP) is 4.15. The van der Waals surface area contributed by atoms with E-state index in [1.165, 1.54) is 37.6 Å². The summed E-state index contributed by atoms with van der Waals surface area (Å²) in [6.45, 7) is 13.9. The van der Waals surface area contributed by atoms with Gasteiger partial charge in [-0.25, -0.2) is 0 Å². The van der Waals surface area contributed by atoms with Crippen LogP contribution in [0.5, 0.6) is 0 Å². The maximum absolute atomic E-state index is 4.50. The van der Waals surface area contributed by atoms with Crippen molar-refractivity contribution < 1.29 is 0 Å². The molecule has 0 aliphatic carbocycles. The molecule has 19 heavy (non-hydrogen) atoms. The molecule has 2 heteroatoms. The van der Waals surface area contributed by atoms with Gasteiger partial charge in [-0.3, -0.25) is 4.90 Å². The van der Waals surface area contributed by atoms with Crippen LogP contribution < -0.4 is 5.73 Å². The van der Waals surface area contributed by atoms with Gasteiger partial charge in [0.2, 0.25) is 0 Å². The van der Waals surface area contributed by atoms with E-state index in [9.17, 15) is 0 Å². The average molecular weight is 266 g/mol. The topological polar surface area (TPSA) is 29.3 Å². The van der Waals surface area contributed by atoms with Gasteiger partial charge in [-0.15, -0.1) is 0 Å². The quantitative estimate of drug-likeness (QED) is 0.669. The number of unbranched alkanes of at least 4 members (excludes halogenated alkanes) is 1. The third kappa shape index (κ3) is 8.79. The highest BCUT2D eigenvalue weighted by molar-refractivity contribution is 5.30. The number of allylic oxidation sites excluding steroid dienone is 3. The number of hydrogen-bond acceptors (Lipinski definition) is 2. The third-order valence-corrected chi connectivity index (χ3v) is 3.41. The van der Waals surface area contributed by atoms with Crippen LogP contribution in [0.2, 0.25) is 0 Å². The monoisotopic (exact) mass is 266 g/mol. The zero-order valence-corrected chi connectivity index (χ0v) is 13.9. The largest absolute Gasteiger partial charge is 0.333 e. The van der Waals surface area contributed by atoms with Gasteiger partial charge in [0.05, 0.1) is 0 Å². The maximum atomic E-state index is 4.50. The molecule has 0 heterocycles. The second-order valence-electron chi connectivity index (χ2n) is 4.69. The van der Waals surface area contributed by atoms with Crippen molar-refractivity contribution in [3.8, 4) is 0 Å². The van der Waals surface area contributed by atoms with E-state index in [0.717, 1.165) is 6.42 Å². The normalized spacial score (nSPS) is 13.9. The van der Waals surface area contributed by atoms with Gasteiger partial charge in [0.1, 0.15) is 0 Å². The highest BCUT2D eigenvalue weighted by Crippen LogP contribution is 2.18. The highest BCUT2D eigenvalue weighted by Gasteiger charge is 2.13. The first-order chi connectivity index (χ1) is 9.08. The Morgan fingerprint density at radius 2 is 1.89 bits per heavy atom. The molecule has 0 aromatic rings. The van der Waals surface area contributed by atoms with Crippen LogP contribution in [0.1, 0.15) is 47.0 Å². The lowest BCUT2D eigenvalue weighted by Crippen LogP contribution is -2.31. The lowest BCUT2D eigenvalue weighted by Gasteiger charge is -2.27. The summed E-state index contributed by atoms with van der Waals surface area (Å²) in [5.74, 6) is 0. The lowest BCUT2D eigenvalue weighted by atomic mass is 9.99. The zero-order valence-electron chi connectivity index (χ0n) is 13.9. The summed E-state index contributed by atoms with van der Waals surface area (Å²) in [7, 11) is 3.71. The first kappa shape index (κ1) is 20.5. The van der Waals surface area contributed by atoms with E-state index < -0.39 is 0 Å². The van der Waals surface area contributed by atoms with Crippen molar-refractivity contribution in [3.63, 3.8) is 0 Å². The Morgan fingerprint density at radius 3 is 2.32 bits per heavy atom. The molecule has 0 rings (SSSR count). The van der Waals surface area contributed by atoms with Crippen LogP contribution in [0.3, 0.4) is 0 Å². The fraction of sp³-hybridized carbons (Fsp3) is 0.647. The molecule has 112 valence electrons. The van der Waals surface area contributed by atoms with Gasteiger partial charge in [0, 0.05) is 6.04 Å². The van der Waals surface area contributed by atoms with Gasteiger partial charge in [-0.2, -0.15) is 0 Å². The molecule has 0 aliphatic rings. The summed E-state index contributed by atoms with van der Waals surface area (Å²) >= 11 is 0. The van der Waals surface area contributed by atoms with Gasteiger partial charge in [-0.05, 0) is 52.9 Å². The van der Waals surface area contributed by atoms with E-state index >= 15 is 0 Å². The molecule has 1 atom stereocenters. The van der Waals surface area contributed by atoms with E-state index in [0.29, 0.717) is 6.04 Å². The van der Waals surface area contributed by atoms with Crippen molar-refractivity contribution in [1.29, 1.82) is 0 Å². The third-order valence-electron chi connectivity index (χ3n) is 3.41. The molecule has 0 bridgehead atoms. The first-order valence-corrected chi connectivity index (χ1v) is 7.35. The van der Waals surface area contributed by atoms with Crippen LogP contribution in [0.15, 0.2) is 36.0 Å². The Bertz CT molecular complexity index is 277.